The van der Waals surface area contributed by atoms with E-state index in [-0.39, 0.29) is 0 Å². The Morgan fingerprint density at radius 3 is 2.92 bits per heavy atom. The van der Waals surface area contributed by atoms with Crippen molar-refractivity contribution in [3.05, 3.63) is 41.5 Å². The molecule has 1 aromatic carbocycles. The van der Waals surface area contributed by atoms with Gasteiger partial charge in [-0.1, -0.05) is 48.6 Å². The molecule has 1 aliphatic rings. The minimum absolute atomic E-state index is 0.348. The van der Waals surface area contributed by atoms with Gasteiger partial charge in [-0.3, -0.25) is 0 Å². The van der Waals surface area contributed by atoms with Crippen LogP contribution in [-0.2, 0) is 0 Å². The first-order chi connectivity index (χ1) is 6.33. The van der Waals surface area contributed by atoms with Crippen molar-refractivity contribution in [3.63, 3.8) is 0 Å². The number of thiocarbonyl (C=S) groups is 1. The average Bonchev–Trinajstić information content (AvgIpc) is 2.60. The molecule has 0 radical (unpaired) electrons. The van der Waals surface area contributed by atoms with Gasteiger partial charge in [0, 0.05) is 5.92 Å². The van der Waals surface area contributed by atoms with E-state index in [0.717, 1.165) is 4.20 Å². The molecule has 0 N–H and O–H groups in total. The quantitative estimate of drug-likeness (QED) is 0.645. The number of allylic oxidation sites excluding steroid dienone is 1. The van der Waals surface area contributed by atoms with Crippen molar-refractivity contribution in [2.24, 2.45) is 0 Å². The molecule has 1 aromatic rings. The van der Waals surface area contributed by atoms with Crippen molar-refractivity contribution in [3.8, 4) is 0 Å². The monoisotopic (exact) mass is 206 g/mol. The summed E-state index contributed by atoms with van der Waals surface area (Å²) in [6, 6.07) is 8.42. The van der Waals surface area contributed by atoms with Gasteiger partial charge in [0.1, 0.15) is 0 Å². The van der Waals surface area contributed by atoms with Gasteiger partial charge < -0.3 is 0 Å². The molecule has 13 heavy (non-hydrogen) atoms. The lowest BCUT2D eigenvalue weighted by atomic mass is 10.0. The van der Waals surface area contributed by atoms with Gasteiger partial charge in [-0.2, -0.15) is 0 Å². The van der Waals surface area contributed by atoms with Crippen LogP contribution < -0.4 is 0 Å². The lowest BCUT2D eigenvalue weighted by Crippen LogP contribution is -2.01. The first-order valence-electron chi connectivity index (χ1n) is 4.18. The van der Waals surface area contributed by atoms with E-state index in [0.29, 0.717) is 5.92 Å². The van der Waals surface area contributed by atoms with Crippen molar-refractivity contribution in [1.29, 1.82) is 0 Å². The number of thioether (sulfide) groups is 1. The lowest BCUT2D eigenvalue weighted by molar-refractivity contribution is 1.22. The van der Waals surface area contributed by atoms with Crippen molar-refractivity contribution < 1.29 is 0 Å². The molecule has 1 unspecified atom stereocenters. The predicted molar refractivity (Wildman–Crippen MR) is 64.3 cm³/mol. The van der Waals surface area contributed by atoms with Gasteiger partial charge in [-0.15, -0.1) is 11.8 Å². The molecular formula is C11H10S2. The van der Waals surface area contributed by atoms with Crippen LogP contribution in [0.15, 0.2) is 30.3 Å². The minimum Gasteiger partial charge on any atom is -0.121 e. The van der Waals surface area contributed by atoms with Crippen LogP contribution in [0.3, 0.4) is 0 Å². The summed E-state index contributed by atoms with van der Waals surface area (Å²) >= 11 is 6.97. The summed E-state index contributed by atoms with van der Waals surface area (Å²) in [5, 5.41) is 0. The van der Waals surface area contributed by atoms with Gasteiger partial charge in [-0.05, 0) is 17.4 Å². The van der Waals surface area contributed by atoms with Crippen LogP contribution in [-0.4, -0.2) is 10.5 Å². The molecule has 0 saturated carbocycles. The van der Waals surface area contributed by atoms with Crippen LogP contribution in [0.1, 0.15) is 17.0 Å². The summed E-state index contributed by atoms with van der Waals surface area (Å²) in [6.07, 6.45) is 6.38. The van der Waals surface area contributed by atoms with Gasteiger partial charge >= 0.3 is 0 Å². The number of benzene rings is 1. The average molecular weight is 206 g/mol. The van der Waals surface area contributed by atoms with Gasteiger partial charge in [0.2, 0.25) is 0 Å². The molecule has 0 spiro atoms. The first-order valence-corrected chi connectivity index (χ1v) is 5.81. The predicted octanol–water partition coefficient (Wildman–Crippen LogP) is 3.49. The summed E-state index contributed by atoms with van der Waals surface area (Å²) in [4.78, 5) is 0. The van der Waals surface area contributed by atoms with Crippen molar-refractivity contribution in [2.45, 2.75) is 5.92 Å². The summed E-state index contributed by atoms with van der Waals surface area (Å²) in [6.45, 7) is 0. The molecule has 0 saturated heterocycles. The van der Waals surface area contributed by atoms with E-state index < -0.39 is 0 Å². The Balaban J connectivity index is 2.38. The summed E-state index contributed by atoms with van der Waals surface area (Å²) in [5.74, 6) is 0.348. The normalized spacial score (nSPS) is 18.7. The highest BCUT2D eigenvalue weighted by molar-refractivity contribution is 8.22. The molecule has 0 heterocycles. The Hall–Kier alpha value is -0.600. The van der Waals surface area contributed by atoms with Crippen LogP contribution in [0.4, 0.5) is 0 Å². The summed E-state index contributed by atoms with van der Waals surface area (Å²) in [5.41, 5.74) is 2.66. The fraction of sp³-hybridized carbons (Fsp3) is 0.182. The van der Waals surface area contributed by atoms with Crippen LogP contribution in [0.25, 0.3) is 6.08 Å². The van der Waals surface area contributed by atoms with E-state index >= 15 is 0 Å². The number of fused-ring (bicyclic) bond motifs is 1. The Morgan fingerprint density at radius 1 is 1.38 bits per heavy atom. The maximum atomic E-state index is 5.30. The molecule has 2 heteroatoms. The highest BCUT2D eigenvalue weighted by atomic mass is 32.2. The van der Waals surface area contributed by atoms with E-state index in [1.807, 2.05) is 6.26 Å². The standard InChI is InChI=1S/C11H10S2/c1-13-11(12)10-7-6-8-4-2-3-5-9(8)10/h2-7,10H,1H3. The lowest BCUT2D eigenvalue weighted by Gasteiger charge is -2.09. The fourth-order valence-corrected chi connectivity index (χ4v) is 2.25. The second-order valence-electron chi connectivity index (χ2n) is 2.99. The van der Waals surface area contributed by atoms with Crippen molar-refractivity contribution in [1.82, 2.24) is 0 Å². The molecular weight excluding hydrogens is 196 g/mol. The minimum atomic E-state index is 0.348. The molecule has 1 aliphatic carbocycles. The maximum Gasteiger partial charge on any atom is 0.0589 e. The number of hydrogen-bond acceptors (Lipinski definition) is 2. The smallest absolute Gasteiger partial charge is 0.0589 e. The molecule has 0 nitrogen and oxygen atoms in total. The van der Waals surface area contributed by atoms with Crippen LogP contribution in [0.2, 0.25) is 0 Å². The van der Waals surface area contributed by atoms with E-state index in [4.69, 9.17) is 12.2 Å². The molecule has 0 amide bonds. The molecule has 2 rings (SSSR count). The van der Waals surface area contributed by atoms with Crippen LogP contribution in [0, 0.1) is 0 Å². The zero-order valence-electron chi connectivity index (χ0n) is 7.36. The van der Waals surface area contributed by atoms with Gasteiger partial charge in [-0.25, -0.2) is 0 Å². The second-order valence-corrected chi connectivity index (χ2v) is 4.54. The first kappa shape index (κ1) is 8.97. The van der Waals surface area contributed by atoms with Crippen molar-refractivity contribution in [2.75, 3.05) is 6.26 Å². The third-order valence-electron chi connectivity index (χ3n) is 2.25. The third-order valence-corrected chi connectivity index (χ3v) is 3.66. The largest absolute Gasteiger partial charge is 0.121 e. The second kappa shape index (κ2) is 3.64. The van der Waals surface area contributed by atoms with Gasteiger partial charge in [0.25, 0.3) is 0 Å². The number of hydrogen-bond donors (Lipinski definition) is 0. The SMILES string of the molecule is CSC(=S)C1C=Cc2ccccc21. The van der Waals surface area contributed by atoms with E-state index in [1.54, 1.807) is 11.8 Å². The molecule has 0 aliphatic heterocycles. The topological polar surface area (TPSA) is 0 Å². The van der Waals surface area contributed by atoms with Crippen LogP contribution >= 0.6 is 24.0 Å². The fourth-order valence-electron chi connectivity index (χ4n) is 1.58. The third kappa shape index (κ3) is 1.56. The number of rotatable bonds is 1. The van der Waals surface area contributed by atoms with Gasteiger partial charge in [0.05, 0.1) is 4.20 Å². The zero-order valence-corrected chi connectivity index (χ0v) is 8.99. The highest BCUT2D eigenvalue weighted by Crippen LogP contribution is 2.33. The van der Waals surface area contributed by atoms with E-state index in [9.17, 15) is 0 Å². The van der Waals surface area contributed by atoms with Crippen LogP contribution in [0.5, 0.6) is 0 Å². The van der Waals surface area contributed by atoms with E-state index in [1.165, 1.54) is 11.1 Å². The van der Waals surface area contributed by atoms with Gasteiger partial charge in [0.15, 0.2) is 0 Å². The zero-order chi connectivity index (χ0) is 9.26. The molecule has 0 fully saturated rings. The molecule has 0 aromatic heterocycles. The van der Waals surface area contributed by atoms with Crippen molar-refractivity contribution >= 4 is 34.3 Å². The summed E-state index contributed by atoms with van der Waals surface area (Å²) in [7, 11) is 0. The Bertz CT molecular complexity index is 366. The molecule has 1 atom stereocenters. The maximum absolute atomic E-state index is 5.30. The summed E-state index contributed by atoms with van der Waals surface area (Å²) < 4.78 is 1.06. The Labute approximate surface area is 88.0 Å². The van der Waals surface area contributed by atoms with E-state index in [2.05, 4.69) is 36.4 Å². The highest BCUT2D eigenvalue weighted by Gasteiger charge is 2.19. The Morgan fingerprint density at radius 2 is 2.15 bits per heavy atom. The Kier molecular flexibility index (Phi) is 2.51. The molecule has 0 bridgehead atoms. The molecule has 66 valence electrons.